The number of alkyl halides is 1. The van der Waals surface area contributed by atoms with Gasteiger partial charge in [0.1, 0.15) is 11.5 Å². The van der Waals surface area contributed by atoms with Crippen LogP contribution in [0.3, 0.4) is 0 Å². The molecule has 0 heterocycles. The number of rotatable bonds is 4. The Kier molecular flexibility index (Phi) is 3.98. The summed E-state index contributed by atoms with van der Waals surface area (Å²) >= 11 is 3.30. The van der Waals surface area contributed by atoms with Crippen molar-refractivity contribution in [1.82, 2.24) is 0 Å². The zero-order chi connectivity index (χ0) is 15.7. The van der Waals surface area contributed by atoms with E-state index >= 15 is 0 Å². The second kappa shape index (κ2) is 5.93. The molecule has 0 aromatic heterocycles. The molecule has 3 rings (SSSR count). The summed E-state index contributed by atoms with van der Waals surface area (Å²) in [5.74, 6) is -0.446. The highest BCUT2D eigenvalue weighted by atomic mass is 79.9. The topological polar surface area (TPSA) is 63.6 Å². The normalized spacial score (nSPS) is 12.8. The van der Waals surface area contributed by atoms with Crippen molar-refractivity contribution in [3.63, 3.8) is 0 Å². The molecule has 0 unspecified atom stereocenters. The molecule has 0 fully saturated rings. The van der Waals surface area contributed by atoms with Gasteiger partial charge in [-0.1, -0.05) is 40.2 Å². The van der Waals surface area contributed by atoms with Crippen LogP contribution in [0.5, 0.6) is 11.5 Å². The van der Waals surface area contributed by atoms with E-state index < -0.39 is 0 Å². The number of ketones is 2. The zero-order valence-electron chi connectivity index (χ0n) is 11.6. The number of phenols is 1. The van der Waals surface area contributed by atoms with E-state index in [4.69, 9.17) is 4.74 Å². The summed E-state index contributed by atoms with van der Waals surface area (Å²) in [5, 5.41) is 10.9. The predicted molar refractivity (Wildman–Crippen MR) is 85.3 cm³/mol. The summed E-state index contributed by atoms with van der Waals surface area (Å²) in [6.07, 6.45) is 0.799. The SMILES string of the molecule is O=C1c2ccccc2C(=O)c2c(O)cc(OCCCBr)cc21. The first-order chi connectivity index (χ1) is 10.6. The average Bonchev–Trinajstić information content (AvgIpc) is 2.52. The average molecular weight is 361 g/mol. The van der Waals surface area contributed by atoms with Crippen LogP contribution in [0, 0.1) is 0 Å². The van der Waals surface area contributed by atoms with Crippen molar-refractivity contribution in [2.24, 2.45) is 0 Å². The van der Waals surface area contributed by atoms with Crippen molar-refractivity contribution in [2.75, 3.05) is 11.9 Å². The first-order valence-corrected chi connectivity index (χ1v) is 8.00. The molecule has 0 spiro atoms. The number of carbonyl (C=O) groups is 2. The quantitative estimate of drug-likeness (QED) is 0.572. The fourth-order valence-corrected chi connectivity index (χ4v) is 2.73. The molecule has 0 bridgehead atoms. The van der Waals surface area contributed by atoms with Crippen molar-refractivity contribution in [1.29, 1.82) is 0 Å². The fourth-order valence-electron chi connectivity index (χ4n) is 2.51. The van der Waals surface area contributed by atoms with E-state index in [-0.39, 0.29) is 28.4 Å². The van der Waals surface area contributed by atoms with E-state index in [1.807, 2.05) is 0 Å². The molecule has 0 amide bonds. The Morgan fingerprint density at radius 1 is 1.00 bits per heavy atom. The molecule has 2 aromatic rings. The van der Waals surface area contributed by atoms with Gasteiger partial charge in [-0.2, -0.15) is 0 Å². The van der Waals surface area contributed by atoms with Crippen LogP contribution in [-0.2, 0) is 0 Å². The van der Waals surface area contributed by atoms with Gasteiger partial charge in [0, 0.05) is 28.1 Å². The monoisotopic (exact) mass is 360 g/mol. The van der Waals surface area contributed by atoms with Crippen LogP contribution in [0.4, 0.5) is 0 Å². The summed E-state index contributed by atoms with van der Waals surface area (Å²) in [6.45, 7) is 0.461. The van der Waals surface area contributed by atoms with E-state index in [2.05, 4.69) is 15.9 Å². The molecule has 2 aromatic carbocycles. The van der Waals surface area contributed by atoms with Crippen LogP contribution in [0.15, 0.2) is 36.4 Å². The molecule has 0 atom stereocenters. The third kappa shape index (κ3) is 2.41. The van der Waals surface area contributed by atoms with E-state index in [1.54, 1.807) is 24.3 Å². The molecule has 1 N–H and O–H groups in total. The lowest BCUT2D eigenvalue weighted by molar-refractivity contribution is 0.0976. The molecule has 1 aliphatic carbocycles. The van der Waals surface area contributed by atoms with Crippen LogP contribution >= 0.6 is 15.9 Å². The Morgan fingerprint density at radius 3 is 2.36 bits per heavy atom. The highest BCUT2D eigenvalue weighted by molar-refractivity contribution is 9.09. The van der Waals surface area contributed by atoms with Crippen molar-refractivity contribution in [3.05, 3.63) is 58.7 Å². The van der Waals surface area contributed by atoms with Gasteiger partial charge < -0.3 is 9.84 Å². The van der Waals surface area contributed by atoms with Gasteiger partial charge >= 0.3 is 0 Å². The molecule has 22 heavy (non-hydrogen) atoms. The molecule has 112 valence electrons. The number of halogens is 1. The number of hydrogen-bond donors (Lipinski definition) is 1. The summed E-state index contributed by atoms with van der Waals surface area (Å²) < 4.78 is 5.51. The van der Waals surface area contributed by atoms with Crippen molar-refractivity contribution in [2.45, 2.75) is 6.42 Å². The third-order valence-electron chi connectivity index (χ3n) is 3.53. The Bertz CT molecular complexity index is 767. The van der Waals surface area contributed by atoms with E-state index in [1.165, 1.54) is 12.1 Å². The van der Waals surface area contributed by atoms with Gasteiger partial charge in [-0.15, -0.1) is 0 Å². The molecule has 0 aliphatic heterocycles. The molecule has 1 aliphatic rings. The first-order valence-electron chi connectivity index (χ1n) is 6.87. The highest BCUT2D eigenvalue weighted by Crippen LogP contribution is 2.35. The summed E-state index contributed by atoms with van der Waals surface area (Å²) in [6, 6.07) is 9.53. The van der Waals surface area contributed by atoms with Gasteiger partial charge in [-0.05, 0) is 12.5 Å². The zero-order valence-corrected chi connectivity index (χ0v) is 13.2. The van der Waals surface area contributed by atoms with Gasteiger partial charge in [0.05, 0.1) is 12.2 Å². The van der Waals surface area contributed by atoms with Crippen molar-refractivity contribution < 1.29 is 19.4 Å². The minimum Gasteiger partial charge on any atom is -0.507 e. The molecular formula is C17H13BrO4. The lowest BCUT2D eigenvalue weighted by atomic mass is 9.83. The smallest absolute Gasteiger partial charge is 0.198 e. The lowest BCUT2D eigenvalue weighted by Gasteiger charge is -2.19. The standard InChI is InChI=1S/C17H13BrO4/c18-6-3-7-22-10-8-13-15(14(19)9-10)17(21)12-5-2-1-4-11(12)16(13)20/h1-2,4-5,8-9,19H,3,6-7H2. The number of fused-ring (bicyclic) bond motifs is 2. The number of hydrogen-bond acceptors (Lipinski definition) is 4. The molecule has 0 saturated carbocycles. The molecule has 4 nitrogen and oxygen atoms in total. The molecule has 0 radical (unpaired) electrons. The van der Waals surface area contributed by atoms with Gasteiger partial charge in [-0.25, -0.2) is 0 Å². The van der Waals surface area contributed by atoms with Gasteiger partial charge in [0.25, 0.3) is 0 Å². The van der Waals surface area contributed by atoms with E-state index in [9.17, 15) is 14.7 Å². The number of carbonyl (C=O) groups excluding carboxylic acids is 2. The first kappa shape index (κ1) is 14.8. The van der Waals surface area contributed by atoms with Crippen LogP contribution in [0.2, 0.25) is 0 Å². The minimum absolute atomic E-state index is 0.0524. The number of phenolic OH excluding ortho intramolecular Hbond substituents is 1. The van der Waals surface area contributed by atoms with Gasteiger partial charge in [0.15, 0.2) is 11.6 Å². The van der Waals surface area contributed by atoms with Crippen LogP contribution in [-0.4, -0.2) is 28.6 Å². The Hall–Kier alpha value is -2.14. The Morgan fingerprint density at radius 2 is 1.68 bits per heavy atom. The summed E-state index contributed by atoms with van der Waals surface area (Å²) in [5.41, 5.74) is 0.925. The van der Waals surface area contributed by atoms with Crippen LogP contribution in [0.25, 0.3) is 0 Å². The molecule has 5 heteroatoms. The number of aromatic hydroxyl groups is 1. The third-order valence-corrected chi connectivity index (χ3v) is 4.09. The van der Waals surface area contributed by atoms with Crippen LogP contribution < -0.4 is 4.74 Å². The van der Waals surface area contributed by atoms with E-state index in [0.29, 0.717) is 23.5 Å². The number of ether oxygens (including phenoxy) is 1. The maximum atomic E-state index is 12.6. The highest BCUT2D eigenvalue weighted by Gasteiger charge is 2.32. The van der Waals surface area contributed by atoms with Crippen molar-refractivity contribution in [3.8, 4) is 11.5 Å². The largest absolute Gasteiger partial charge is 0.507 e. The maximum Gasteiger partial charge on any atom is 0.198 e. The van der Waals surface area contributed by atoms with Crippen molar-refractivity contribution >= 4 is 27.5 Å². The van der Waals surface area contributed by atoms with Gasteiger partial charge in [-0.3, -0.25) is 9.59 Å². The second-order valence-electron chi connectivity index (χ2n) is 4.96. The molecule has 0 saturated heterocycles. The predicted octanol–water partition coefficient (Wildman–Crippen LogP) is 3.33. The minimum atomic E-state index is -0.338. The Balaban J connectivity index is 2.06. The van der Waals surface area contributed by atoms with Gasteiger partial charge in [0.2, 0.25) is 0 Å². The fraction of sp³-hybridized carbons (Fsp3) is 0.176. The lowest BCUT2D eigenvalue weighted by Crippen LogP contribution is -2.21. The Labute approximate surface area is 135 Å². The summed E-state index contributed by atoms with van der Waals surface area (Å²) in [4.78, 5) is 25.0. The number of benzene rings is 2. The van der Waals surface area contributed by atoms with E-state index in [0.717, 1.165) is 11.8 Å². The second-order valence-corrected chi connectivity index (χ2v) is 5.75. The maximum absolute atomic E-state index is 12.6. The molecular weight excluding hydrogens is 348 g/mol. The summed E-state index contributed by atoms with van der Waals surface area (Å²) in [7, 11) is 0. The van der Waals surface area contributed by atoms with Crippen LogP contribution in [0.1, 0.15) is 38.3 Å².